The van der Waals surface area contributed by atoms with Crippen LogP contribution in [0.3, 0.4) is 0 Å². The van der Waals surface area contributed by atoms with Crippen molar-refractivity contribution < 1.29 is 23.1 Å². The molecule has 0 spiro atoms. The molecule has 118 valence electrons. The number of alkyl halides is 3. The maximum atomic E-state index is 12.8. The van der Waals surface area contributed by atoms with Gasteiger partial charge in [-0.05, 0) is 23.6 Å². The molecule has 1 heterocycles. The molecule has 1 aromatic carbocycles. The molecular weight excluding hydrogens is 317 g/mol. The second-order valence-electron chi connectivity index (χ2n) is 4.41. The lowest BCUT2D eigenvalue weighted by Crippen LogP contribution is -2.32. The highest BCUT2D eigenvalue weighted by Gasteiger charge is 2.33. The zero-order valence-electron chi connectivity index (χ0n) is 11.2. The minimum atomic E-state index is -4.56. The minimum Gasteiger partial charge on any atom is -0.386 e. The van der Waals surface area contributed by atoms with E-state index in [1.807, 2.05) is 0 Å². The number of halogens is 3. The fourth-order valence-corrected chi connectivity index (χ4v) is 2.49. The van der Waals surface area contributed by atoms with Gasteiger partial charge in [-0.25, -0.2) is 4.79 Å². The second kappa shape index (κ2) is 6.80. The van der Waals surface area contributed by atoms with Crippen LogP contribution in [0.5, 0.6) is 0 Å². The predicted molar refractivity (Wildman–Crippen MR) is 77.7 cm³/mol. The molecule has 0 fully saturated rings. The SMILES string of the molecule is O=C(NC[C@H](O)c1cccs1)Nc1ccccc1C(F)(F)F. The number of hydrogen-bond acceptors (Lipinski definition) is 3. The summed E-state index contributed by atoms with van der Waals surface area (Å²) in [5.74, 6) is 0. The largest absolute Gasteiger partial charge is 0.418 e. The zero-order chi connectivity index (χ0) is 16.2. The van der Waals surface area contributed by atoms with Crippen LogP contribution in [0.2, 0.25) is 0 Å². The van der Waals surface area contributed by atoms with Gasteiger partial charge in [0.1, 0.15) is 6.10 Å². The average molecular weight is 330 g/mol. The van der Waals surface area contributed by atoms with Gasteiger partial charge < -0.3 is 15.7 Å². The Morgan fingerprint density at radius 3 is 2.59 bits per heavy atom. The van der Waals surface area contributed by atoms with Gasteiger partial charge in [0, 0.05) is 4.88 Å². The Hall–Kier alpha value is -2.06. The maximum Gasteiger partial charge on any atom is 0.418 e. The molecule has 2 rings (SSSR count). The number of amides is 2. The van der Waals surface area contributed by atoms with Gasteiger partial charge in [0.2, 0.25) is 0 Å². The molecule has 22 heavy (non-hydrogen) atoms. The first kappa shape index (κ1) is 16.3. The molecule has 2 amide bonds. The Labute approximate surface area is 128 Å². The average Bonchev–Trinajstić information content (AvgIpc) is 2.98. The summed E-state index contributed by atoms with van der Waals surface area (Å²) in [5.41, 5.74) is -1.26. The molecule has 0 aliphatic rings. The van der Waals surface area contributed by atoms with E-state index in [9.17, 15) is 23.1 Å². The molecule has 1 aromatic heterocycles. The molecule has 0 aliphatic heterocycles. The number of thiophene rings is 1. The lowest BCUT2D eigenvalue weighted by molar-refractivity contribution is -0.136. The summed E-state index contributed by atoms with van der Waals surface area (Å²) in [5, 5.41) is 16.0. The van der Waals surface area contributed by atoms with Crippen molar-refractivity contribution in [3.05, 3.63) is 52.2 Å². The maximum absolute atomic E-state index is 12.8. The number of carbonyl (C=O) groups excluding carboxylic acids is 1. The van der Waals surface area contributed by atoms with Gasteiger partial charge in [-0.3, -0.25) is 0 Å². The quantitative estimate of drug-likeness (QED) is 0.802. The van der Waals surface area contributed by atoms with Crippen LogP contribution in [-0.4, -0.2) is 17.7 Å². The minimum absolute atomic E-state index is 0.0967. The summed E-state index contributed by atoms with van der Waals surface area (Å²) in [7, 11) is 0. The van der Waals surface area contributed by atoms with Crippen molar-refractivity contribution in [2.45, 2.75) is 12.3 Å². The van der Waals surface area contributed by atoms with Gasteiger partial charge in [-0.15, -0.1) is 11.3 Å². The van der Waals surface area contributed by atoms with Crippen LogP contribution < -0.4 is 10.6 Å². The fraction of sp³-hybridized carbons (Fsp3) is 0.214. The third kappa shape index (κ3) is 4.22. The smallest absolute Gasteiger partial charge is 0.386 e. The highest BCUT2D eigenvalue weighted by Crippen LogP contribution is 2.34. The zero-order valence-corrected chi connectivity index (χ0v) is 12.0. The van der Waals surface area contributed by atoms with Crippen molar-refractivity contribution in [2.24, 2.45) is 0 Å². The summed E-state index contributed by atoms with van der Waals surface area (Å²) in [6.45, 7) is -0.0967. The lowest BCUT2D eigenvalue weighted by atomic mass is 10.1. The van der Waals surface area contributed by atoms with Crippen LogP contribution >= 0.6 is 11.3 Å². The van der Waals surface area contributed by atoms with E-state index in [4.69, 9.17) is 0 Å². The summed E-state index contributed by atoms with van der Waals surface area (Å²) in [6, 6.07) is 7.33. The number of aliphatic hydroxyl groups is 1. The first-order valence-electron chi connectivity index (χ1n) is 6.30. The summed E-state index contributed by atoms with van der Waals surface area (Å²) in [6.07, 6.45) is -5.45. The normalized spacial score (nSPS) is 12.7. The summed E-state index contributed by atoms with van der Waals surface area (Å²) < 4.78 is 38.4. The van der Waals surface area contributed by atoms with Gasteiger partial charge in [-0.1, -0.05) is 18.2 Å². The Morgan fingerprint density at radius 2 is 1.95 bits per heavy atom. The van der Waals surface area contributed by atoms with Crippen LogP contribution in [0.25, 0.3) is 0 Å². The molecule has 0 radical (unpaired) electrons. The molecule has 0 bridgehead atoms. The van der Waals surface area contributed by atoms with Crippen molar-refractivity contribution in [2.75, 3.05) is 11.9 Å². The third-order valence-corrected chi connectivity index (χ3v) is 3.78. The molecule has 3 N–H and O–H groups in total. The van der Waals surface area contributed by atoms with Crippen LogP contribution in [0.1, 0.15) is 16.5 Å². The van der Waals surface area contributed by atoms with Gasteiger partial charge in [0.25, 0.3) is 0 Å². The van der Waals surface area contributed by atoms with E-state index in [0.717, 1.165) is 12.1 Å². The first-order valence-corrected chi connectivity index (χ1v) is 7.18. The van der Waals surface area contributed by atoms with Crippen molar-refractivity contribution in [1.29, 1.82) is 0 Å². The van der Waals surface area contributed by atoms with Crippen LogP contribution in [0.4, 0.5) is 23.7 Å². The Bertz CT molecular complexity index is 629. The number of urea groups is 1. The van der Waals surface area contributed by atoms with Crippen molar-refractivity contribution in [3.8, 4) is 0 Å². The second-order valence-corrected chi connectivity index (χ2v) is 5.39. The monoisotopic (exact) mass is 330 g/mol. The summed E-state index contributed by atoms with van der Waals surface area (Å²) >= 11 is 1.32. The van der Waals surface area contributed by atoms with E-state index in [1.54, 1.807) is 17.5 Å². The number of hydrogen-bond donors (Lipinski definition) is 3. The standard InChI is InChI=1S/C14H13F3N2O2S/c15-14(16,17)9-4-1-2-5-10(9)19-13(21)18-8-11(20)12-6-3-7-22-12/h1-7,11,20H,8H2,(H2,18,19,21)/t11-/m0/s1. The van der Waals surface area contributed by atoms with Crippen molar-refractivity contribution in [3.63, 3.8) is 0 Å². The molecule has 2 aromatic rings. The van der Waals surface area contributed by atoms with Gasteiger partial charge in [-0.2, -0.15) is 13.2 Å². The molecule has 0 unspecified atom stereocenters. The Kier molecular flexibility index (Phi) is 5.04. The van der Waals surface area contributed by atoms with Gasteiger partial charge in [0.05, 0.1) is 17.8 Å². The van der Waals surface area contributed by atoms with E-state index >= 15 is 0 Å². The van der Waals surface area contributed by atoms with E-state index in [0.29, 0.717) is 4.88 Å². The van der Waals surface area contributed by atoms with Crippen molar-refractivity contribution in [1.82, 2.24) is 5.32 Å². The number of carbonyl (C=O) groups is 1. The van der Waals surface area contributed by atoms with Crippen molar-refractivity contribution >= 4 is 23.1 Å². The molecule has 0 saturated heterocycles. The molecule has 8 heteroatoms. The summed E-state index contributed by atoms with van der Waals surface area (Å²) in [4.78, 5) is 12.3. The van der Waals surface area contributed by atoms with Crippen LogP contribution in [-0.2, 0) is 6.18 Å². The van der Waals surface area contributed by atoms with Crippen LogP contribution in [0, 0.1) is 0 Å². The molecule has 4 nitrogen and oxygen atoms in total. The highest BCUT2D eigenvalue weighted by atomic mass is 32.1. The Balaban J connectivity index is 1.95. The van der Waals surface area contributed by atoms with E-state index in [1.165, 1.54) is 23.5 Å². The highest BCUT2D eigenvalue weighted by molar-refractivity contribution is 7.10. The Morgan fingerprint density at radius 1 is 1.23 bits per heavy atom. The van der Waals surface area contributed by atoms with E-state index in [-0.39, 0.29) is 12.2 Å². The number of nitrogens with one attached hydrogen (secondary N) is 2. The van der Waals surface area contributed by atoms with Gasteiger partial charge in [0.15, 0.2) is 0 Å². The number of para-hydroxylation sites is 1. The molecule has 1 atom stereocenters. The molecule has 0 aliphatic carbocycles. The number of anilines is 1. The fourth-order valence-electron chi connectivity index (χ4n) is 1.78. The number of benzene rings is 1. The van der Waals surface area contributed by atoms with Crippen LogP contribution in [0.15, 0.2) is 41.8 Å². The predicted octanol–water partition coefficient (Wildman–Crippen LogP) is 3.62. The third-order valence-electron chi connectivity index (χ3n) is 2.81. The topological polar surface area (TPSA) is 61.4 Å². The van der Waals surface area contributed by atoms with E-state index in [2.05, 4.69) is 10.6 Å². The first-order chi connectivity index (χ1) is 10.4. The molecular formula is C14H13F3N2O2S. The molecule has 0 saturated carbocycles. The lowest BCUT2D eigenvalue weighted by Gasteiger charge is -2.15. The number of aliphatic hydroxyl groups excluding tert-OH is 1. The number of rotatable bonds is 4. The van der Waals surface area contributed by atoms with E-state index < -0.39 is 23.9 Å². The van der Waals surface area contributed by atoms with Gasteiger partial charge >= 0.3 is 12.2 Å².